The monoisotopic (exact) mass is 262 g/mol. The molecule has 2 aromatic heterocycles. The van der Waals surface area contributed by atoms with Gasteiger partial charge in [0.05, 0.1) is 4.88 Å². The van der Waals surface area contributed by atoms with Gasteiger partial charge in [0.2, 0.25) is 0 Å². The van der Waals surface area contributed by atoms with Gasteiger partial charge in [-0.2, -0.15) is 0 Å². The molecule has 18 heavy (non-hydrogen) atoms. The molecule has 0 aromatic carbocycles. The molecule has 0 radical (unpaired) electrons. The van der Waals surface area contributed by atoms with Crippen molar-refractivity contribution in [3.8, 4) is 10.7 Å². The lowest BCUT2D eigenvalue weighted by molar-refractivity contribution is 0.604. The Morgan fingerprint density at radius 3 is 2.50 bits per heavy atom. The maximum absolute atomic E-state index is 5.40. The maximum atomic E-state index is 5.40. The smallest absolute Gasteiger partial charge is 0.171 e. The molecule has 3 N–H and O–H groups in total. The number of nitrogens with one attached hydrogen (secondary N) is 1. The number of aryl methyl sites for hydroxylation is 1. The summed E-state index contributed by atoms with van der Waals surface area (Å²) in [6.45, 7) is 8.54. The fourth-order valence-corrected chi connectivity index (χ4v) is 2.61. The van der Waals surface area contributed by atoms with E-state index in [2.05, 4.69) is 48.3 Å². The third kappa shape index (κ3) is 2.68. The lowest BCUT2D eigenvalue weighted by Crippen LogP contribution is -2.09. The quantitative estimate of drug-likeness (QED) is 0.645. The Labute approximate surface area is 111 Å². The van der Waals surface area contributed by atoms with Crippen molar-refractivity contribution in [2.24, 2.45) is 5.84 Å². The van der Waals surface area contributed by atoms with Crippen LogP contribution >= 0.6 is 11.3 Å². The summed E-state index contributed by atoms with van der Waals surface area (Å²) < 4.78 is 0. The Hall–Kier alpha value is -1.46. The molecule has 2 aromatic rings. The van der Waals surface area contributed by atoms with Gasteiger partial charge < -0.3 is 5.43 Å². The minimum Gasteiger partial charge on any atom is -0.308 e. The van der Waals surface area contributed by atoms with Gasteiger partial charge in [-0.25, -0.2) is 15.8 Å². The van der Waals surface area contributed by atoms with Crippen LogP contribution in [-0.4, -0.2) is 9.97 Å². The molecule has 96 valence electrons. The fraction of sp³-hybridized carbons (Fsp3) is 0.385. The lowest BCUT2D eigenvalue weighted by atomic mass is 9.95. The highest BCUT2D eigenvalue weighted by Gasteiger charge is 2.17. The van der Waals surface area contributed by atoms with Gasteiger partial charge in [-0.1, -0.05) is 20.8 Å². The van der Waals surface area contributed by atoms with Crippen LogP contribution < -0.4 is 11.3 Å². The van der Waals surface area contributed by atoms with Crippen molar-refractivity contribution in [1.29, 1.82) is 0 Å². The number of rotatable bonds is 2. The van der Waals surface area contributed by atoms with Crippen molar-refractivity contribution in [3.63, 3.8) is 0 Å². The largest absolute Gasteiger partial charge is 0.308 e. The van der Waals surface area contributed by atoms with E-state index in [4.69, 9.17) is 5.84 Å². The lowest BCUT2D eigenvalue weighted by Gasteiger charge is -2.15. The minimum absolute atomic E-state index is 0.154. The molecule has 0 saturated carbocycles. The average Bonchev–Trinajstić information content (AvgIpc) is 2.77. The first-order chi connectivity index (χ1) is 8.40. The van der Waals surface area contributed by atoms with E-state index in [-0.39, 0.29) is 5.41 Å². The average molecular weight is 262 g/mol. The summed E-state index contributed by atoms with van der Waals surface area (Å²) in [7, 11) is 0. The summed E-state index contributed by atoms with van der Waals surface area (Å²) in [4.78, 5) is 11.2. The Kier molecular flexibility index (Phi) is 3.36. The van der Waals surface area contributed by atoms with Crippen LogP contribution in [0.2, 0.25) is 0 Å². The molecule has 0 amide bonds. The summed E-state index contributed by atoms with van der Waals surface area (Å²) >= 11 is 1.73. The number of hydrogen-bond acceptors (Lipinski definition) is 5. The molecule has 0 unspecified atom stereocenters. The molecule has 0 bridgehead atoms. The van der Waals surface area contributed by atoms with Crippen LogP contribution in [0.5, 0.6) is 0 Å². The van der Waals surface area contributed by atoms with Crippen LogP contribution in [0.25, 0.3) is 10.7 Å². The molecule has 0 fully saturated rings. The molecule has 4 nitrogen and oxygen atoms in total. The van der Waals surface area contributed by atoms with Crippen LogP contribution in [-0.2, 0) is 5.41 Å². The zero-order valence-electron chi connectivity index (χ0n) is 11.1. The Balaban J connectivity index is 2.43. The van der Waals surface area contributed by atoms with Crippen molar-refractivity contribution in [3.05, 3.63) is 28.8 Å². The number of aromatic nitrogens is 2. The number of nitrogen functional groups attached to an aromatic ring is 1. The van der Waals surface area contributed by atoms with E-state index in [1.54, 1.807) is 11.3 Å². The van der Waals surface area contributed by atoms with Crippen molar-refractivity contribution in [2.75, 3.05) is 5.43 Å². The van der Waals surface area contributed by atoms with Gasteiger partial charge in [0.25, 0.3) is 0 Å². The molecule has 5 heteroatoms. The molecule has 2 rings (SSSR count). The van der Waals surface area contributed by atoms with Gasteiger partial charge in [0.1, 0.15) is 5.82 Å². The molecule has 0 aliphatic rings. The summed E-state index contributed by atoms with van der Waals surface area (Å²) in [5.41, 5.74) is 3.62. The van der Waals surface area contributed by atoms with Crippen LogP contribution in [0.15, 0.2) is 18.2 Å². The summed E-state index contributed by atoms with van der Waals surface area (Å²) in [5, 5.41) is 0. The Bertz CT molecular complexity index is 554. The number of nitrogens with two attached hydrogens (primary N) is 1. The van der Waals surface area contributed by atoms with Crippen LogP contribution in [0.4, 0.5) is 5.82 Å². The van der Waals surface area contributed by atoms with Crippen molar-refractivity contribution < 1.29 is 0 Å². The van der Waals surface area contributed by atoms with Crippen molar-refractivity contribution in [1.82, 2.24) is 9.97 Å². The highest BCUT2D eigenvalue weighted by molar-refractivity contribution is 7.15. The fourth-order valence-electron chi connectivity index (χ4n) is 1.61. The predicted molar refractivity (Wildman–Crippen MR) is 76.6 cm³/mol. The van der Waals surface area contributed by atoms with Crippen molar-refractivity contribution in [2.45, 2.75) is 33.1 Å². The highest BCUT2D eigenvalue weighted by atomic mass is 32.1. The van der Waals surface area contributed by atoms with Crippen LogP contribution in [0.3, 0.4) is 0 Å². The maximum Gasteiger partial charge on any atom is 0.171 e. The number of thiophene rings is 1. The molecule has 0 saturated heterocycles. The van der Waals surface area contributed by atoms with Gasteiger partial charge in [-0.15, -0.1) is 11.3 Å². The molecule has 2 heterocycles. The number of nitrogens with zero attached hydrogens (tertiary/aromatic N) is 2. The van der Waals surface area contributed by atoms with E-state index in [1.165, 1.54) is 4.88 Å². The molecule has 0 atom stereocenters. The van der Waals surface area contributed by atoms with Crippen LogP contribution in [0.1, 0.15) is 31.3 Å². The van der Waals surface area contributed by atoms with E-state index in [1.807, 2.05) is 13.0 Å². The second kappa shape index (κ2) is 4.66. The molecule has 0 aliphatic carbocycles. The van der Waals surface area contributed by atoms with Gasteiger partial charge in [0, 0.05) is 16.6 Å². The first kappa shape index (κ1) is 13.0. The molecule has 0 spiro atoms. The zero-order chi connectivity index (χ0) is 13.3. The van der Waals surface area contributed by atoms with Gasteiger partial charge in [-0.05, 0) is 24.5 Å². The third-order valence-corrected chi connectivity index (χ3v) is 4.07. The van der Waals surface area contributed by atoms with Crippen LogP contribution in [0, 0.1) is 6.92 Å². The number of hydrazine groups is 1. The van der Waals surface area contributed by atoms with Gasteiger partial charge >= 0.3 is 0 Å². The van der Waals surface area contributed by atoms with E-state index < -0.39 is 0 Å². The topological polar surface area (TPSA) is 63.8 Å². The van der Waals surface area contributed by atoms with Gasteiger partial charge in [0.15, 0.2) is 5.82 Å². The third-order valence-electron chi connectivity index (χ3n) is 2.57. The predicted octanol–water partition coefficient (Wildman–Crippen LogP) is 3.10. The Morgan fingerprint density at radius 2 is 1.94 bits per heavy atom. The molecular weight excluding hydrogens is 244 g/mol. The Morgan fingerprint density at radius 1 is 1.22 bits per heavy atom. The van der Waals surface area contributed by atoms with E-state index in [0.29, 0.717) is 5.82 Å². The second-order valence-corrected chi connectivity index (χ2v) is 6.36. The minimum atomic E-state index is 0.154. The summed E-state index contributed by atoms with van der Waals surface area (Å²) in [6.07, 6.45) is 0. The normalized spacial score (nSPS) is 11.6. The van der Waals surface area contributed by atoms with E-state index in [9.17, 15) is 0 Å². The van der Waals surface area contributed by atoms with Crippen molar-refractivity contribution >= 4 is 17.2 Å². The first-order valence-electron chi connectivity index (χ1n) is 5.83. The first-order valence-corrected chi connectivity index (χ1v) is 6.65. The summed E-state index contributed by atoms with van der Waals surface area (Å²) in [5.74, 6) is 6.77. The van der Waals surface area contributed by atoms with E-state index in [0.717, 1.165) is 16.4 Å². The zero-order valence-corrected chi connectivity index (χ0v) is 11.9. The standard InChI is InChI=1S/C13H18N4S/c1-8-7-11(17-14)16-12(15-8)9-5-6-10(18-9)13(2,3)4/h5-7H,14H2,1-4H3,(H,15,16,17). The number of anilines is 1. The van der Waals surface area contributed by atoms with Gasteiger partial charge in [-0.3, -0.25) is 0 Å². The highest BCUT2D eigenvalue weighted by Crippen LogP contribution is 2.33. The number of hydrogen-bond donors (Lipinski definition) is 2. The SMILES string of the molecule is Cc1cc(NN)nc(-c2ccc(C(C)(C)C)s2)n1. The second-order valence-electron chi connectivity index (χ2n) is 5.28. The summed E-state index contributed by atoms with van der Waals surface area (Å²) in [6, 6.07) is 6.03. The molecular formula is C13H18N4S. The molecule has 0 aliphatic heterocycles. The van der Waals surface area contributed by atoms with E-state index >= 15 is 0 Å².